The highest BCUT2D eigenvalue weighted by Crippen LogP contribution is 2.32. The Kier molecular flexibility index (Phi) is 4.90. The number of nitrogens with zero attached hydrogens (tertiary/aromatic N) is 5. The Morgan fingerprint density at radius 2 is 2.15 bits per heavy atom. The molecular weight excluding hydrogens is 362 g/mol. The smallest absolute Gasteiger partial charge is 0.410 e. The van der Waals surface area contributed by atoms with Gasteiger partial charge in [0, 0.05) is 31.8 Å². The van der Waals surface area contributed by atoms with Crippen LogP contribution in [0, 0.1) is 0 Å². The maximum atomic E-state index is 12.8. The molecule has 2 unspecified atom stereocenters. The van der Waals surface area contributed by atoms with Crippen LogP contribution in [-0.2, 0) is 16.1 Å². The van der Waals surface area contributed by atoms with Crippen LogP contribution in [0.25, 0.3) is 0 Å². The lowest BCUT2D eigenvalue weighted by molar-refractivity contribution is -0.141. The third kappa shape index (κ3) is 3.02. The van der Waals surface area contributed by atoms with E-state index in [4.69, 9.17) is 0 Å². The number of rotatable bonds is 3. The van der Waals surface area contributed by atoms with E-state index in [2.05, 4.69) is 14.7 Å². The van der Waals surface area contributed by atoms with Gasteiger partial charge >= 0.3 is 18.1 Å². The lowest BCUT2D eigenvalue weighted by atomic mass is 10.1. The van der Waals surface area contributed by atoms with Crippen LogP contribution in [-0.4, -0.2) is 82.0 Å². The van der Waals surface area contributed by atoms with Crippen molar-refractivity contribution in [2.24, 2.45) is 0 Å². The molecule has 3 amide bonds. The van der Waals surface area contributed by atoms with E-state index in [0.717, 1.165) is 10.5 Å². The van der Waals surface area contributed by atoms with Gasteiger partial charge in [-0.3, -0.25) is 9.80 Å². The fraction of sp³-hybridized carbons (Fsp3) is 0.533. The zero-order valence-corrected chi connectivity index (χ0v) is 15.4. The Morgan fingerprint density at radius 1 is 1.42 bits per heavy atom. The molecule has 0 radical (unpaired) electrons. The Balaban J connectivity index is 1.86. The van der Waals surface area contributed by atoms with Gasteiger partial charge < -0.3 is 14.7 Å². The molecule has 1 saturated heterocycles. The summed E-state index contributed by atoms with van der Waals surface area (Å²) >= 11 is 1.38. The summed E-state index contributed by atoms with van der Waals surface area (Å²) in [7, 11) is 2.82. The van der Waals surface area contributed by atoms with Crippen molar-refractivity contribution in [1.29, 1.82) is 0 Å². The Hall–Kier alpha value is -2.56. The van der Waals surface area contributed by atoms with Crippen molar-refractivity contribution in [3.8, 4) is 0 Å². The van der Waals surface area contributed by atoms with E-state index >= 15 is 0 Å². The second-order valence-electron chi connectivity index (χ2n) is 6.04. The molecule has 0 saturated carbocycles. The van der Waals surface area contributed by atoms with Crippen molar-refractivity contribution >= 4 is 35.7 Å². The fourth-order valence-corrected chi connectivity index (χ4v) is 3.63. The summed E-state index contributed by atoms with van der Waals surface area (Å²) in [5, 5.41) is 9.96. The third-order valence-electron chi connectivity index (χ3n) is 4.61. The van der Waals surface area contributed by atoms with Crippen molar-refractivity contribution in [2.45, 2.75) is 30.2 Å². The summed E-state index contributed by atoms with van der Waals surface area (Å²) in [6.45, 7) is 0.363. The zero-order valence-electron chi connectivity index (χ0n) is 14.6. The molecule has 10 nitrogen and oxygen atoms in total. The highest BCUT2D eigenvalue weighted by atomic mass is 32.2. The van der Waals surface area contributed by atoms with E-state index < -0.39 is 24.1 Å². The molecule has 0 spiro atoms. The van der Waals surface area contributed by atoms with E-state index in [1.54, 1.807) is 18.1 Å². The number of methoxy groups -OCH3 is 1. The number of amides is 3. The lowest BCUT2D eigenvalue weighted by Gasteiger charge is -2.37. The molecule has 1 N–H and O–H groups in total. The lowest BCUT2D eigenvalue weighted by Crippen LogP contribution is -2.51. The molecule has 2 aliphatic heterocycles. The SMILES string of the molecule is COC(=O)N1CC(N2Cc3cnc(SC)nc3N(C)C2=O)CC1C(=O)O. The predicted molar refractivity (Wildman–Crippen MR) is 92.1 cm³/mol. The minimum atomic E-state index is -1.12. The number of hydrogen-bond donors (Lipinski definition) is 1. The predicted octanol–water partition coefficient (Wildman–Crippen LogP) is 0.864. The first-order valence-electron chi connectivity index (χ1n) is 7.89. The standard InChI is InChI=1S/C15H19N5O5S/c1-18-11-8(5-16-13(17-11)26-3)6-19(14(18)23)9-4-10(12(21)22)20(7-9)15(24)25-2/h5,9-10H,4,6-7H2,1-3H3,(H,21,22). The molecule has 0 bridgehead atoms. The van der Waals surface area contributed by atoms with Crippen LogP contribution in [0.4, 0.5) is 15.4 Å². The Labute approximate surface area is 154 Å². The molecule has 1 aromatic heterocycles. The van der Waals surface area contributed by atoms with Gasteiger partial charge in [-0.05, 0) is 6.26 Å². The molecule has 140 valence electrons. The van der Waals surface area contributed by atoms with Gasteiger partial charge in [0.15, 0.2) is 5.16 Å². The van der Waals surface area contributed by atoms with Crippen LogP contribution < -0.4 is 4.90 Å². The maximum Gasteiger partial charge on any atom is 0.410 e. The molecule has 1 aromatic rings. The summed E-state index contributed by atoms with van der Waals surface area (Å²) in [6, 6.07) is -1.75. The first-order chi connectivity index (χ1) is 12.4. The van der Waals surface area contributed by atoms with Crippen LogP contribution in [0.2, 0.25) is 0 Å². The molecule has 0 aromatic carbocycles. The van der Waals surface area contributed by atoms with Crippen LogP contribution in [0.5, 0.6) is 0 Å². The zero-order chi connectivity index (χ0) is 19.0. The molecule has 1 fully saturated rings. The summed E-state index contributed by atoms with van der Waals surface area (Å²) in [5.41, 5.74) is 0.772. The first kappa shape index (κ1) is 18.2. The minimum Gasteiger partial charge on any atom is -0.480 e. The molecule has 2 atom stereocenters. The maximum absolute atomic E-state index is 12.8. The number of carboxylic acid groups (broad SMARTS) is 1. The van der Waals surface area contributed by atoms with Gasteiger partial charge in [-0.25, -0.2) is 24.4 Å². The number of fused-ring (bicyclic) bond motifs is 1. The van der Waals surface area contributed by atoms with E-state index in [1.165, 1.54) is 23.8 Å². The quantitative estimate of drug-likeness (QED) is 0.605. The first-order valence-corrected chi connectivity index (χ1v) is 9.11. The summed E-state index contributed by atoms with van der Waals surface area (Å²) in [4.78, 5) is 48.9. The highest BCUT2D eigenvalue weighted by molar-refractivity contribution is 7.98. The molecule has 11 heteroatoms. The van der Waals surface area contributed by atoms with Gasteiger partial charge in [-0.15, -0.1) is 0 Å². The van der Waals surface area contributed by atoms with Gasteiger partial charge in [0.1, 0.15) is 11.9 Å². The molecule has 26 heavy (non-hydrogen) atoms. The minimum absolute atomic E-state index is 0.0995. The van der Waals surface area contributed by atoms with Crippen molar-refractivity contribution in [1.82, 2.24) is 19.8 Å². The molecule has 3 rings (SSSR count). The van der Waals surface area contributed by atoms with Crippen molar-refractivity contribution < 1.29 is 24.2 Å². The normalized spacial score (nSPS) is 22.4. The van der Waals surface area contributed by atoms with E-state index in [9.17, 15) is 19.5 Å². The molecule has 2 aliphatic rings. The van der Waals surface area contributed by atoms with Crippen LogP contribution in [0.3, 0.4) is 0 Å². The number of carbonyl (C=O) groups is 3. The molecule has 3 heterocycles. The van der Waals surface area contributed by atoms with Gasteiger partial charge in [-0.2, -0.15) is 0 Å². The summed E-state index contributed by atoms with van der Waals surface area (Å²) in [6.07, 6.45) is 2.95. The summed E-state index contributed by atoms with van der Waals surface area (Å²) in [5.74, 6) is -0.577. The van der Waals surface area contributed by atoms with Crippen molar-refractivity contribution in [3.63, 3.8) is 0 Å². The van der Waals surface area contributed by atoms with Gasteiger partial charge in [0.25, 0.3) is 0 Å². The van der Waals surface area contributed by atoms with Gasteiger partial charge in [0.05, 0.1) is 19.7 Å². The van der Waals surface area contributed by atoms with Gasteiger partial charge in [-0.1, -0.05) is 11.8 Å². The number of hydrogen-bond acceptors (Lipinski definition) is 7. The van der Waals surface area contributed by atoms with Crippen LogP contribution >= 0.6 is 11.8 Å². The second-order valence-corrected chi connectivity index (χ2v) is 6.81. The number of likely N-dealkylation sites (tertiary alicyclic amines) is 1. The Bertz CT molecular complexity index is 760. The molecule has 0 aliphatic carbocycles. The Morgan fingerprint density at radius 3 is 2.77 bits per heavy atom. The monoisotopic (exact) mass is 381 g/mol. The van der Waals surface area contributed by atoms with E-state index in [1.807, 2.05) is 6.26 Å². The summed E-state index contributed by atoms with van der Waals surface area (Å²) < 4.78 is 4.67. The number of aliphatic carboxylic acids is 1. The van der Waals surface area contributed by atoms with E-state index in [0.29, 0.717) is 11.0 Å². The number of ether oxygens (including phenoxy) is 1. The number of urea groups is 1. The van der Waals surface area contributed by atoms with Crippen LogP contribution in [0.1, 0.15) is 12.0 Å². The third-order valence-corrected chi connectivity index (χ3v) is 5.17. The average Bonchev–Trinajstić information content (AvgIpc) is 3.09. The number of aromatic nitrogens is 2. The van der Waals surface area contributed by atoms with Crippen molar-refractivity contribution in [2.75, 3.05) is 31.9 Å². The topological polar surface area (TPSA) is 116 Å². The largest absolute Gasteiger partial charge is 0.480 e. The van der Waals surface area contributed by atoms with Gasteiger partial charge in [0.2, 0.25) is 0 Å². The van der Waals surface area contributed by atoms with Crippen molar-refractivity contribution in [3.05, 3.63) is 11.8 Å². The fourth-order valence-electron chi connectivity index (χ4n) is 3.29. The number of carboxylic acids is 1. The highest BCUT2D eigenvalue weighted by Gasteiger charge is 2.45. The average molecular weight is 381 g/mol. The second kappa shape index (κ2) is 6.98. The van der Waals surface area contributed by atoms with Crippen LogP contribution in [0.15, 0.2) is 11.4 Å². The number of carbonyl (C=O) groups excluding carboxylic acids is 2. The van der Waals surface area contributed by atoms with E-state index in [-0.39, 0.29) is 25.5 Å². The molecular formula is C15H19N5O5S. The number of anilines is 1. The number of thioether (sulfide) groups is 1.